The van der Waals surface area contributed by atoms with Crippen molar-refractivity contribution in [1.82, 2.24) is 9.55 Å². The molecule has 1 saturated carbocycles. The highest BCUT2D eigenvalue weighted by Gasteiger charge is 2.22. The molecule has 0 saturated heterocycles. The van der Waals surface area contributed by atoms with Gasteiger partial charge in [0.2, 0.25) is 0 Å². The van der Waals surface area contributed by atoms with E-state index in [1.165, 1.54) is 12.8 Å². The van der Waals surface area contributed by atoms with Crippen LogP contribution in [-0.4, -0.2) is 9.55 Å². The topological polar surface area (TPSA) is 43.8 Å². The lowest BCUT2D eigenvalue weighted by Gasteiger charge is -2.01. The molecule has 1 aromatic heterocycles. The number of nitrogen functional groups attached to an aromatic ring is 1. The second-order valence-corrected chi connectivity index (χ2v) is 3.31. The van der Waals surface area contributed by atoms with Gasteiger partial charge in [-0.3, -0.25) is 0 Å². The second-order valence-electron chi connectivity index (χ2n) is 3.31. The standard InChI is InChI=1S/C8H13N3/c1-6-8(9)11(5-10-6)4-7-2-3-7/h5,7H,2-4,9H2,1H3. The third-order valence-electron chi connectivity index (χ3n) is 2.22. The van der Waals surface area contributed by atoms with E-state index in [1.807, 2.05) is 17.8 Å². The van der Waals surface area contributed by atoms with Gasteiger partial charge in [-0.15, -0.1) is 0 Å². The van der Waals surface area contributed by atoms with Crippen LogP contribution in [0.5, 0.6) is 0 Å². The molecule has 0 aliphatic heterocycles. The van der Waals surface area contributed by atoms with Gasteiger partial charge in [-0.1, -0.05) is 0 Å². The fourth-order valence-corrected chi connectivity index (χ4v) is 1.22. The molecule has 3 nitrogen and oxygen atoms in total. The molecule has 0 bridgehead atoms. The van der Waals surface area contributed by atoms with E-state index in [0.717, 1.165) is 24.0 Å². The Kier molecular flexibility index (Phi) is 1.37. The number of nitrogens with zero attached hydrogens (tertiary/aromatic N) is 2. The van der Waals surface area contributed by atoms with E-state index >= 15 is 0 Å². The van der Waals surface area contributed by atoms with Crippen LogP contribution in [0, 0.1) is 12.8 Å². The molecule has 1 aromatic rings. The summed E-state index contributed by atoms with van der Waals surface area (Å²) in [7, 11) is 0. The van der Waals surface area contributed by atoms with E-state index in [1.54, 1.807) is 0 Å². The first-order chi connectivity index (χ1) is 5.27. The molecular weight excluding hydrogens is 138 g/mol. The summed E-state index contributed by atoms with van der Waals surface area (Å²) >= 11 is 0. The van der Waals surface area contributed by atoms with Crippen LogP contribution in [0.4, 0.5) is 5.82 Å². The van der Waals surface area contributed by atoms with E-state index in [0.29, 0.717) is 0 Å². The highest BCUT2D eigenvalue weighted by molar-refractivity contribution is 5.34. The first kappa shape index (κ1) is 6.70. The van der Waals surface area contributed by atoms with Gasteiger partial charge in [-0.05, 0) is 25.7 Å². The Balaban J connectivity index is 2.15. The van der Waals surface area contributed by atoms with E-state index in [9.17, 15) is 0 Å². The number of hydrogen-bond donors (Lipinski definition) is 1. The number of nitrogens with two attached hydrogens (primary N) is 1. The van der Waals surface area contributed by atoms with Gasteiger partial charge in [-0.2, -0.15) is 0 Å². The Labute approximate surface area is 66.2 Å². The molecule has 2 N–H and O–H groups in total. The third kappa shape index (κ3) is 1.23. The number of rotatable bonds is 2. The van der Waals surface area contributed by atoms with Crippen LogP contribution in [0.1, 0.15) is 18.5 Å². The van der Waals surface area contributed by atoms with Crippen LogP contribution >= 0.6 is 0 Å². The van der Waals surface area contributed by atoms with Crippen LogP contribution in [0.3, 0.4) is 0 Å². The monoisotopic (exact) mass is 151 g/mol. The van der Waals surface area contributed by atoms with Crippen molar-refractivity contribution in [2.45, 2.75) is 26.3 Å². The number of imidazole rings is 1. The van der Waals surface area contributed by atoms with E-state index < -0.39 is 0 Å². The molecule has 0 aromatic carbocycles. The lowest BCUT2D eigenvalue weighted by molar-refractivity contribution is 0.633. The zero-order chi connectivity index (χ0) is 7.84. The molecule has 1 heterocycles. The van der Waals surface area contributed by atoms with E-state index in [2.05, 4.69) is 4.98 Å². The van der Waals surface area contributed by atoms with Gasteiger partial charge in [0.05, 0.1) is 12.0 Å². The average Bonchev–Trinajstić information content (AvgIpc) is 2.74. The van der Waals surface area contributed by atoms with Crippen molar-refractivity contribution in [1.29, 1.82) is 0 Å². The SMILES string of the molecule is Cc1ncn(CC2CC2)c1N. The zero-order valence-electron chi connectivity index (χ0n) is 6.75. The largest absolute Gasteiger partial charge is 0.384 e. The second kappa shape index (κ2) is 2.26. The number of aryl methyl sites for hydroxylation is 1. The molecule has 0 unspecified atom stereocenters. The molecule has 0 amide bonds. The maximum absolute atomic E-state index is 5.78. The highest BCUT2D eigenvalue weighted by atomic mass is 15.1. The summed E-state index contributed by atoms with van der Waals surface area (Å²) in [5, 5.41) is 0. The normalized spacial score (nSPS) is 17.2. The minimum absolute atomic E-state index is 0.830. The van der Waals surface area contributed by atoms with Crippen LogP contribution in [0.25, 0.3) is 0 Å². The molecule has 0 atom stereocenters. The fraction of sp³-hybridized carbons (Fsp3) is 0.625. The van der Waals surface area contributed by atoms with Gasteiger partial charge < -0.3 is 10.3 Å². The van der Waals surface area contributed by atoms with Gasteiger partial charge in [0.25, 0.3) is 0 Å². The van der Waals surface area contributed by atoms with Crippen molar-refractivity contribution in [3.63, 3.8) is 0 Å². The van der Waals surface area contributed by atoms with Crippen molar-refractivity contribution in [2.75, 3.05) is 5.73 Å². The van der Waals surface area contributed by atoms with Gasteiger partial charge in [0.1, 0.15) is 5.82 Å². The van der Waals surface area contributed by atoms with Crippen LogP contribution in [0.15, 0.2) is 6.33 Å². The predicted octanol–water partition coefficient (Wildman–Crippen LogP) is 1.18. The molecule has 0 spiro atoms. The number of hydrogen-bond acceptors (Lipinski definition) is 2. The highest BCUT2D eigenvalue weighted by Crippen LogP contribution is 2.31. The summed E-state index contributed by atoms with van der Waals surface area (Å²) < 4.78 is 2.05. The summed E-state index contributed by atoms with van der Waals surface area (Å²) in [5.41, 5.74) is 6.73. The average molecular weight is 151 g/mol. The Bertz CT molecular complexity index is 260. The maximum Gasteiger partial charge on any atom is 0.126 e. The Hall–Kier alpha value is -0.990. The smallest absolute Gasteiger partial charge is 0.126 e. The van der Waals surface area contributed by atoms with Crippen LogP contribution in [-0.2, 0) is 6.54 Å². The first-order valence-electron chi connectivity index (χ1n) is 4.04. The van der Waals surface area contributed by atoms with E-state index in [-0.39, 0.29) is 0 Å². The van der Waals surface area contributed by atoms with E-state index in [4.69, 9.17) is 5.73 Å². The summed E-state index contributed by atoms with van der Waals surface area (Å²) in [6.07, 6.45) is 4.55. The molecule has 60 valence electrons. The first-order valence-corrected chi connectivity index (χ1v) is 4.04. The number of aromatic nitrogens is 2. The van der Waals surface area contributed by atoms with Crippen molar-refractivity contribution < 1.29 is 0 Å². The zero-order valence-corrected chi connectivity index (χ0v) is 6.75. The molecule has 1 aliphatic rings. The minimum atomic E-state index is 0.830. The minimum Gasteiger partial charge on any atom is -0.384 e. The molecular formula is C8H13N3. The van der Waals surface area contributed by atoms with Gasteiger partial charge >= 0.3 is 0 Å². The van der Waals surface area contributed by atoms with Crippen molar-refractivity contribution in [2.24, 2.45) is 5.92 Å². The Morgan fingerprint density at radius 3 is 2.91 bits per heavy atom. The Morgan fingerprint density at radius 2 is 2.45 bits per heavy atom. The lowest BCUT2D eigenvalue weighted by atomic mass is 10.4. The molecule has 1 fully saturated rings. The third-order valence-corrected chi connectivity index (χ3v) is 2.22. The Morgan fingerprint density at radius 1 is 1.73 bits per heavy atom. The molecule has 3 heteroatoms. The fourth-order valence-electron chi connectivity index (χ4n) is 1.22. The molecule has 2 rings (SSSR count). The molecule has 1 aliphatic carbocycles. The molecule has 11 heavy (non-hydrogen) atoms. The van der Waals surface area contributed by atoms with Crippen molar-refractivity contribution in [3.8, 4) is 0 Å². The summed E-state index contributed by atoms with van der Waals surface area (Å²) in [5.74, 6) is 1.70. The molecule has 0 radical (unpaired) electrons. The number of anilines is 1. The van der Waals surface area contributed by atoms with Crippen molar-refractivity contribution >= 4 is 5.82 Å². The van der Waals surface area contributed by atoms with Crippen molar-refractivity contribution in [3.05, 3.63) is 12.0 Å². The maximum atomic E-state index is 5.78. The predicted molar refractivity (Wildman–Crippen MR) is 44.1 cm³/mol. The quantitative estimate of drug-likeness (QED) is 0.689. The van der Waals surface area contributed by atoms with Gasteiger partial charge in [0.15, 0.2) is 0 Å². The summed E-state index contributed by atoms with van der Waals surface area (Å²) in [6, 6.07) is 0. The summed E-state index contributed by atoms with van der Waals surface area (Å²) in [4.78, 5) is 4.13. The van der Waals surface area contributed by atoms with Crippen LogP contribution in [0.2, 0.25) is 0 Å². The van der Waals surface area contributed by atoms with Gasteiger partial charge in [0, 0.05) is 6.54 Å². The van der Waals surface area contributed by atoms with Crippen LogP contribution < -0.4 is 5.73 Å². The van der Waals surface area contributed by atoms with Gasteiger partial charge in [-0.25, -0.2) is 4.98 Å². The summed E-state index contributed by atoms with van der Waals surface area (Å²) in [6.45, 7) is 3.01. The lowest BCUT2D eigenvalue weighted by Crippen LogP contribution is -2.03.